The maximum atomic E-state index is 3.86. The van der Waals surface area contributed by atoms with E-state index in [4.69, 9.17) is 0 Å². The summed E-state index contributed by atoms with van der Waals surface area (Å²) in [6.45, 7) is 6.08. The van der Waals surface area contributed by atoms with Gasteiger partial charge >= 0.3 is 0 Å². The smallest absolute Gasteiger partial charge is 0.0109 e. The molecular formula is C15H16. The zero-order chi connectivity index (χ0) is 10.7. The molecule has 2 aromatic carbocycles. The molecule has 76 valence electrons. The molecule has 0 aromatic heterocycles. The number of fused-ring (bicyclic) bond motifs is 1. The molecule has 0 saturated heterocycles. The van der Waals surface area contributed by atoms with Gasteiger partial charge in [0.05, 0.1) is 0 Å². The molecule has 2 rings (SSSR count). The van der Waals surface area contributed by atoms with Crippen molar-refractivity contribution in [2.45, 2.75) is 19.8 Å². The zero-order valence-electron chi connectivity index (χ0n) is 9.16. The summed E-state index contributed by atoms with van der Waals surface area (Å²) in [5.74, 6) is 0. The first kappa shape index (κ1) is 9.97. The van der Waals surface area contributed by atoms with Crippen LogP contribution in [0.1, 0.15) is 24.5 Å². The van der Waals surface area contributed by atoms with E-state index >= 15 is 0 Å². The lowest BCUT2D eigenvalue weighted by Gasteiger charge is -2.07. The van der Waals surface area contributed by atoms with Crippen molar-refractivity contribution in [2.24, 2.45) is 0 Å². The Morgan fingerprint density at radius 3 is 2.47 bits per heavy atom. The first-order valence-corrected chi connectivity index (χ1v) is 5.50. The van der Waals surface area contributed by atoms with Gasteiger partial charge in [-0.05, 0) is 28.3 Å². The lowest BCUT2D eigenvalue weighted by atomic mass is 9.97. The Hall–Kier alpha value is -1.56. The van der Waals surface area contributed by atoms with E-state index in [1.54, 1.807) is 0 Å². The Kier molecular flexibility index (Phi) is 2.86. The van der Waals surface area contributed by atoms with Gasteiger partial charge in [-0.3, -0.25) is 0 Å². The van der Waals surface area contributed by atoms with E-state index in [0.29, 0.717) is 0 Å². The van der Waals surface area contributed by atoms with Crippen LogP contribution in [-0.2, 0) is 6.42 Å². The van der Waals surface area contributed by atoms with Crippen molar-refractivity contribution in [2.75, 3.05) is 0 Å². The molecule has 0 bridgehead atoms. The normalized spacial score (nSPS) is 10.5. The number of aryl methyl sites for hydroxylation is 1. The van der Waals surface area contributed by atoms with Crippen LogP contribution in [0, 0.1) is 0 Å². The van der Waals surface area contributed by atoms with E-state index in [1.165, 1.54) is 28.3 Å². The molecule has 0 unspecified atom stereocenters. The average Bonchev–Trinajstić information content (AvgIpc) is 2.30. The second kappa shape index (κ2) is 4.31. The molecule has 0 nitrogen and oxygen atoms in total. The molecule has 0 saturated carbocycles. The molecule has 0 fully saturated rings. The van der Waals surface area contributed by atoms with Gasteiger partial charge in [0.15, 0.2) is 0 Å². The second-order valence-corrected chi connectivity index (χ2v) is 3.81. The van der Waals surface area contributed by atoms with Crippen LogP contribution >= 0.6 is 0 Å². The Bertz CT molecular complexity index is 480. The lowest BCUT2D eigenvalue weighted by molar-refractivity contribution is 0.929. The summed E-state index contributed by atoms with van der Waals surface area (Å²) in [7, 11) is 0. The van der Waals surface area contributed by atoms with Gasteiger partial charge in [0.2, 0.25) is 0 Å². The van der Waals surface area contributed by atoms with Gasteiger partial charge < -0.3 is 0 Å². The summed E-state index contributed by atoms with van der Waals surface area (Å²) >= 11 is 0. The topological polar surface area (TPSA) is 0 Å². The third-order valence-electron chi connectivity index (χ3n) is 2.79. The maximum absolute atomic E-state index is 3.86. The Morgan fingerprint density at radius 2 is 1.80 bits per heavy atom. The van der Waals surface area contributed by atoms with Gasteiger partial charge in [-0.15, -0.1) is 0 Å². The third kappa shape index (κ3) is 1.80. The molecule has 0 N–H and O–H groups in total. The fraction of sp³-hybridized carbons (Fsp3) is 0.200. The van der Waals surface area contributed by atoms with E-state index in [2.05, 4.69) is 49.9 Å². The predicted octanol–water partition coefficient (Wildman–Crippen LogP) is 4.44. The van der Waals surface area contributed by atoms with Gasteiger partial charge in [-0.25, -0.2) is 0 Å². The van der Waals surface area contributed by atoms with Crippen molar-refractivity contribution in [3.8, 4) is 0 Å². The largest absolute Gasteiger partial charge is 0.0984 e. The van der Waals surface area contributed by atoms with Crippen LogP contribution in [-0.4, -0.2) is 0 Å². The molecule has 15 heavy (non-hydrogen) atoms. The van der Waals surface area contributed by atoms with Crippen molar-refractivity contribution in [3.05, 3.63) is 54.1 Å². The SMILES string of the molecule is C=Cc1ccc(CCC)c2ccccc12. The highest BCUT2D eigenvalue weighted by molar-refractivity contribution is 5.92. The number of benzene rings is 2. The average molecular weight is 196 g/mol. The van der Waals surface area contributed by atoms with Gasteiger partial charge in [-0.1, -0.05) is 62.4 Å². The number of rotatable bonds is 3. The molecule has 0 radical (unpaired) electrons. The van der Waals surface area contributed by atoms with Crippen LogP contribution in [0.5, 0.6) is 0 Å². The van der Waals surface area contributed by atoms with E-state index in [0.717, 1.165) is 6.42 Å². The van der Waals surface area contributed by atoms with Crippen LogP contribution < -0.4 is 0 Å². The minimum Gasteiger partial charge on any atom is -0.0984 e. The van der Waals surface area contributed by atoms with Crippen LogP contribution in [0.25, 0.3) is 16.8 Å². The molecule has 0 amide bonds. The van der Waals surface area contributed by atoms with Crippen LogP contribution in [0.15, 0.2) is 43.0 Å². The van der Waals surface area contributed by atoms with Crippen molar-refractivity contribution >= 4 is 16.8 Å². The monoisotopic (exact) mass is 196 g/mol. The van der Waals surface area contributed by atoms with E-state index in [9.17, 15) is 0 Å². The van der Waals surface area contributed by atoms with E-state index < -0.39 is 0 Å². The van der Waals surface area contributed by atoms with Crippen LogP contribution in [0.4, 0.5) is 0 Å². The van der Waals surface area contributed by atoms with Crippen LogP contribution in [0.3, 0.4) is 0 Å². The number of hydrogen-bond donors (Lipinski definition) is 0. The molecule has 0 aliphatic carbocycles. The molecule has 0 aliphatic heterocycles. The summed E-state index contributed by atoms with van der Waals surface area (Å²) in [5.41, 5.74) is 2.67. The first-order chi connectivity index (χ1) is 7.36. The summed E-state index contributed by atoms with van der Waals surface area (Å²) in [4.78, 5) is 0. The Balaban J connectivity index is 2.71. The lowest BCUT2D eigenvalue weighted by Crippen LogP contribution is -1.87. The quantitative estimate of drug-likeness (QED) is 0.681. The third-order valence-corrected chi connectivity index (χ3v) is 2.79. The van der Waals surface area contributed by atoms with Crippen molar-refractivity contribution < 1.29 is 0 Å². The molecule has 0 spiro atoms. The first-order valence-electron chi connectivity index (χ1n) is 5.50. The fourth-order valence-electron chi connectivity index (χ4n) is 2.05. The van der Waals surface area contributed by atoms with Gasteiger partial charge in [0, 0.05) is 0 Å². The van der Waals surface area contributed by atoms with Crippen LogP contribution in [0.2, 0.25) is 0 Å². The van der Waals surface area contributed by atoms with Gasteiger partial charge in [-0.2, -0.15) is 0 Å². The predicted molar refractivity (Wildman–Crippen MR) is 68.0 cm³/mol. The van der Waals surface area contributed by atoms with E-state index in [-0.39, 0.29) is 0 Å². The summed E-state index contributed by atoms with van der Waals surface area (Å²) < 4.78 is 0. The molecular weight excluding hydrogens is 180 g/mol. The standard InChI is InChI=1S/C15H16/c1-3-7-13-11-10-12(4-2)14-8-5-6-9-15(13)14/h4-6,8-11H,2-3,7H2,1H3. The van der Waals surface area contributed by atoms with Crippen molar-refractivity contribution in [3.63, 3.8) is 0 Å². The zero-order valence-corrected chi connectivity index (χ0v) is 9.16. The van der Waals surface area contributed by atoms with Crippen molar-refractivity contribution in [1.82, 2.24) is 0 Å². The summed E-state index contributed by atoms with van der Waals surface area (Å²) in [6.07, 6.45) is 4.27. The minimum absolute atomic E-state index is 1.15. The maximum Gasteiger partial charge on any atom is -0.0109 e. The highest BCUT2D eigenvalue weighted by Crippen LogP contribution is 2.24. The second-order valence-electron chi connectivity index (χ2n) is 3.81. The minimum atomic E-state index is 1.15. The molecule has 0 heteroatoms. The Labute approximate surface area is 91.2 Å². The molecule has 0 aliphatic rings. The van der Waals surface area contributed by atoms with E-state index in [1.807, 2.05) is 6.08 Å². The highest BCUT2D eigenvalue weighted by Gasteiger charge is 2.02. The molecule has 2 aromatic rings. The summed E-state index contributed by atoms with van der Waals surface area (Å²) in [5, 5.41) is 2.69. The Morgan fingerprint density at radius 1 is 1.07 bits per heavy atom. The number of hydrogen-bond acceptors (Lipinski definition) is 0. The van der Waals surface area contributed by atoms with Gasteiger partial charge in [0.25, 0.3) is 0 Å². The highest BCUT2D eigenvalue weighted by atomic mass is 14.1. The van der Waals surface area contributed by atoms with Gasteiger partial charge in [0.1, 0.15) is 0 Å². The summed E-state index contributed by atoms with van der Waals surface area (Å²) in [6, 6.07) is 13.0. The molecule has 0 heterocycles. The molecule has 0 atom stereocenters. The fourth-order valence-corrected chi connectivity index (χ4v) is 2.05. The van der Waals surface area contributed by atoms with Crippen molar-refractivity contribution in [1.29, 1.82) is 0 Å².